The normalized spacial score (nSPS) is 12.1. The highest BCUT2D eigenvalue weighted by Crippen LogP contribution is 2.32. The van der Waals surface area contributed by atoms with Crippen LogP contribution in [0.25, 0.3) is 11.3 Å². The Hall–Kier alpha value is -3.36. The Bertz CT molecular complexity index is 965. The first-order chi connectivity index (χ1) is 13.9. The lowest BCUT2D eigenvalue weighted by Gasteiger charge is -2.21. The number of carbonyl (C=O) groups is 1. The number of hydrogen-bond donors (Lipinski definition) is 1. The first-order valence-electron chi connectivity index (χ1n) is 9.34. The molecule has 1 amide bonds. The fourth-order valence-electron chi connectivity index (χ4n) is 3.00. The summed E-state index contributed by atoms with van der Waals surface area (Å²) in [6.45, 7) is 4.58. The molecule has 9 nitrogen and oxygen atoms in total. The SMILES string of the molecule is COc1ccc(OC)c(-c2cc(C(=O)NC(Cn3nccn3)C(C)C)n(C)n2)c1. The first kappa shape index (κ1) is 20.4. The number of nitrogens with zero attached hydrogens (tertiary/aromatic N) is 5. The van der Waals surface area contributed by atoms with Crippen molar-refractivity contribution in [3.8, 4) is 22.8 Å². The van der Waals surface area contributed by atoms with Crippen LogP contribution in [0.1, 0.15) is 24.3 Å². The third kappa shape index (κ3) is 4.56. The molecule has 154 valence electrons. The monoisotopic (exact) mass is 398 g/mol. The molecule has 2 aromatic heterocycles. The number of amides is 1. The molecule has 1 unspecified atom stereocenters. The quantitative estimate of drug-likeness (QED) is 0.625. The summed E-state index contributed by atoms with van der Waals surface area (Å²) in [5, 5.41) is 15.8. The zero-order chi connectivity index (χ0) is 21.0. The standard InChI is InChI=1S/C20H26N6O3/c1-13(2)17(12-26-21-8-9-22-26)23-20(27)18-11-16(24-25(18)3)15-10-14(28-4)6-7-19(15)29-5/h6-11,13,17H,12H2,1-5H3,(H,23,27). The smallest absolute Gasteiger partial charge is 0.269 e. The molecule has 29 heavy (non-hydrogen) atoms. The van der Waals surface area contributed by atoms with E-state index >= 15 is 0 Å². The van der Waals surface area contributed by atoms with E-state index in [0.29, 0.717) is 29.4 Å². The van der Waals surface area contributed by atoms with Crippen molar-refractivity contribution in [2.24, 2.45) is 13.0 Å². The molecular formula is C20H26N6O3. The van der Waals surface area contributed by atoms with Crippen LogP contribution in [0.15, 0.2) is 36.7 Å². The van der Waals surface area contributed by atoms with Crippen molar-refractivity contribution in [3.63, 3.8) is 0 Å². The fourth-order valence-corrected chi connectivity index (χ4v) is 3.00. The average molecular weight is 398 g/mol. The topological polar surface area (TPSA) is 96.1 Å². The molecule has 1 N–H and O–H groups in total. The van der Waals surface area contributed by atoms with Gasteiger partial charge in [-0.15, -0.1) is 0 Å². The Kier molecular flexibility index (Phi) is 6.16. The highest BCUT2D eigenvalue weighted by molar-refractivity contribution is 5.94. The van der Waals surface area contributed by atoms with Gasteiger partial charge >= 0.3 is 0 Å². The molecule has 0 aliphatic carbocycles. The lowest BCUT2D eigenvalue weighted by atomic mass is 10.0. The van der Waals surface area contributed by atoms with E-state index in [0.717, 1.165) is 5.56 Å². The number of nitrogens with one attached hydrogen (secondary N) is 1. The van der Waals surface area contributed by atoms with Crippen LogP contribution in [0.3, 0.4) is 0 Å². The van der Waals surface area contributed by atoms with Gasteiger partial charge in [-0.05, 0) is 30.2 Å². The maximum absolute atomic E-state index is 13.0. The summed E-state index contributed by atoms with van der Waals surface area (Å²) in [4.78, 5) is 14.5. The highest BCUT2D eigenvalue weighted by atomic mass is 16.5. The van der Waals surface area contributed by atoms with Crippen LogP contribution in [0, 0.1) is 5.92 Å². The van der Waals surface area contributed by atoms with E-state index in [1.807, 2.05) is 32.0 Å². The second-order valence-corrected chi connectivity index (χ2v) is 7.01. The number of hydrogen-bond acceptors (Lipinski definition) is 6. The lowest BCUT2D eigenvalue weighted by Crippen LogP contribution is -2.42. The molecule has 0 aliphatic rings. The minimum atomic E-state index is -0.209. The molecule has 1 atom stereocenters. The van der Waals surface area contributed by atoms with Crippen LogP contribution in [-0.4, -0.2) is 50.9 Å². The van der Waals surface area contributed by atoms with Crippen LogP contribution in [0.5, 0.6) is 11.5 Å². The molecule has 0 aliphatic heterocycles. The summed E-state index contributed by atoms with van der Waals surface area (Å²) in [6.07, 6.45) is 3.24. The van der Waals surface area contributed by atoms with Gasteiger partial charge in [0, 0.05) is 12.6 Å². The third-order valence-electron chi connectivity index (χ3n) is 4.74. The van der Waals surface area contributed by atoms with Crippen LogP contribution in [-0.2, 0) is 13.6 Å². The van der Waals surface area contributed by atoms with E-state index in [4.69, 9.17) is 9.47 Å². The fraction of sp³-hybridized carbons (Fsp3) is 0.400. The van der Waals surface area contributed by atoms with Gasteiger partial charge in [0.2, 0.25) is 0 Å². The van der Waals surface area contributed by atoms with E-state index in [-0.39, 0.29) is 17.9 Å². The van der Waals surface area contributed by atoms with E-state index in [1.54, 1.807) is 49.2 Å². The number of aromatic nitrogens is 5. The number of carbonyl (C=O) groups excluding carboxylic acids is 1. The van der Waals surface area contributed by atoms with Gasteiger partial charge in [0.05, 0.1) is 44.9 Å². The van der Waals surface area contributed by atoms with Crippen molar-refractivity contribution < 1.29 is 14.3 Å². The average Bonchev–Trinajstić information content (AvgIpc) is 3.36. The minimum Gasteiger partial charge on any atom is -0.497 e. The summed E-state index contributed by atoms with van der Waals surface area (Å²) in [5.74, 6) is 1.33. The van der Waals surface area contributed by atoms with E-state index in [2.05, 4.69) is 20.6 Å². The van der Waals surface area contributed by atoms with Gasteiger partial charge in [-0.2, -0.15) is 20.1 Å². The Morgan fingerprint density at radius 1 is 1.14 bits per heavy atom. The maximum Gasteiger partial charge on any atom is 0.269 e. The van der Waals surface area contributed by atoms with Crippen molar-refractivity contribution in [2.75, 3.05) is 14.2 Å². The van der Waals surface area contributed by atoms with Crippen molar-refractivity contribution >= 4 is 5.91 Å². The van der Waals surface area contributed by atoms with Crippen LogP contribution in [0.2, 0.25) is 0 Å². The zero-order valence-electron chi connectivity index (χ0n) is 17.3. The van der Waals surface area contributed by atoms with Crippen LogP contribution in [0.4, 0.5) is 0 Å². The maximum atomic E-state index is 13.0. The molecule has 0 bridgehead atoms. The second-order valence-electron chi connectivity index (χ2n) is 7.01. The minimum absolute atomic E-state index is 0.125. The molecule has 0 saturated carbocycles. The number of methoxy groups -OCH3 is 2. The largest absolute Gasteiger partial charge is 0.497 e. The molecule has 9 heteroatoms. The lowest BCUT2D eigenvalue weighted by molar-refractivity contribution is 0.0908. The molecular weight excluding hydrogens is 372 g/mol. The molecule has 1 aromatic carbocycles. The zero-order valence-corrected chi connectivity index (χ0v) is 17.3. The molecule has 0 fully saturated rings. The highest BCUT2D eigenvalue weighted by Gasteiger charge is 2.22. The predicted molar refractivity (Wildman–Crippen MR) is 108 cm³/mol. The van der Waals surface area contributed by atoms with Gasteiger partial charge in [-0.3, -0.25) is 9.48 Å². The van der Waals surface area contributed by atoms with E-state index < -0.39 is 0 Å². The summed E-state index contributed by atoms with van der Waals surface area (Å²) >= 11 is 0. The summed E-state index contributed by atoms with van der Waals surface area (Å²) in [5.41, 5.74) is 1.83. The van der Waals surface area contributed by atoms with Crippen LogP contribution >= 0.6 is 0 Å². The van der Waals surface area contributed by atoms with Crippen LogP contribution < -0.4 is 14.8 Å². The first-order valence-corrected chi connectivity index (χ1v) is 9.34. The number of rotatable bonds is 8. The number of benzene rings is 1. The van der Waals surface area contributed by atoms with Crippen molar-refractivity contribution in [1.82, 2.24) is 30.1 Å². The molecule has 3 rings (SSSR count). The van der Waals surface area contributed by atoms with Crippen molar-refractivity contribution in [1.29, 1.82) is 0 Å². The van der Waals surface area contributed by atoms with Gasteiger partial charge in [0.25, 0.3) is 5.91 Å². The molecule has 0 radical (unpaired) electrons. The Morgan fingerprint density at radius 2 is 1.86 bits per heavy atom. The van der Waals surface area contributed by atoms with Crippen molar-refractivity contribution in [3.05, 3.63) is 42.4 Å². The van der Waals surface area contributed by atoms with E-state index in [9.17, 15) is 4.79 Å². The second kappa shape index (κ2) is 8.76. The third-order valence-corrected chi connectivity index (χ3v) is 4.74. The summed E-state index contributed by atoms with van der Waals surface area (Å²) in [6, 6.07) is 7.09. The Balaban J connectivity index is 1.85. The van der Waals surface area contributed by atoms with Gasteiger partial charge in [-0.25, -0.2) is 0 Å². The molecule has 3 aromatic rings. The molecule has 0 saturated heterocycles. The van der Waals surface area contributed by atoms with Gasteiger partial charge in [-0.1, -0.05) is 13.8 Å². The van der Waals surface area contributed by atoms with Crippen molar-refractivity contribution in [2.45, 2.75) is 26.4 Å². The molecule has 0 spiro atoms. The van der Waals surface area contributed by atoms with Gasteiger partial charge in [0.15, 0.2) is 0 Å². The number of aryl methyl sites for hydroxylation is 1. The number of ether oxygens (including phenoxy) is 2. The molecule has 2 heterocycles. The summed E-state index contributed by atoms with van der Waals surface area (Å²) < 4.78 is 12.3. The Labute approximate surface area is 169 Å². The Morgan fingerprint density at radius 3 is 2.48 bits per heavy atom. The van der Waals surface area contributed by atoms with E-state index in [1.165, 1.54) is 0 Å². The van der Waals surface area contributed by atoms with Gasteiger partial charge < -0.3 is 14.8 Å². The summed E-state index contributed by atoms with van der Waals surface area (Å²) in [7, 11) is 4.94. The predicted octanol–water partition coefficient (Wildman–Crippen LogP) is 2.15. The van der Waals surface area contributed by atoms with Gasteiger partial charge in [0.1, 0.15) is 17.2 Å².